The normalized spacial score (nSPS) is 16.2. The van der Waals surface area contributed by atoms with Gasteiger partial charge in [-0.2, -0.15) is 0 Å². The highest BCUT2D eigenvalue weighted by molar-refractivity contribution is 6.49. The summed E-state index contributed by atoms with van der Waals surface area (Å²) >= 11 is 7.09. The van der Waals surface area contributed by atoms with Gasteiger partial charge in [-0.15, -0.1) is 0 Å². The summed E-state index contributed by atoms with van der Waals surface area (Å²) in [6.07, 6.45) is 0.348. The van der Waals surface area contributed by atoms with Crippen molar-refractivity contribution in [2.24, 2.45) is 5.41 Å². The van der Waals surface area contributed by atoms with Gasteiger partial charge in [0.1, 0.15) is 5.75 Å². The second-order valence-corrected chi connectivity index (χ2v) is 16.7. The molecule has 0 radical (unpaired) electrons. The maximum absolute atomic E-state index is 14.3. The number of carbonyl (C=O) groups is 5. The van der Waals surface area contributed by atoms with Gasteiger partial charge < -0.3 is 15.4 Å². The van der Waals surface area contributed by atoms with E-state index in [0.717, 1.165) is 29.1 Å². The molecule has 11 heteroatoms. The molecule has 0 bridgehead atoms. The SMILES string of the molecule is CCC(C)(C)c1ccc(OCCCC(=O)NC2C(=O)N(Cc3ccccc3)C(=O)N2C(Cl)(C(=O)Nc2ccccc2)C(=O)C(C)(C)C)c(C(C)(C)CC)c1. The van der Waals surface area contributed by atoms with E-state index in [4.69, 9.17) is 16.3 Å². The molecule has 2 N–H and O–H groups in total. The second-order valence-electron chi connectivity index (χ2n) is 16.2. The number of benzene rings is 3. The van der Waals surface area contributed by atoms with Crippen LogP contribution in [0.5, 0.6) is 5.75 Å². The van der Waals surface area contributed by atoms with Gasteiger partial charge in [-0.05, 0) is 59.4 Å². The van der Waals surface area contributed by atoms with Crippen molar-refractivity contribution >= 4 is 46.8 Å². The van der Waals surface area contributed by atoms with Crippen LogP contribution in [0.3, 0.4) is 0 Å². The first-order valence-corrected chi connectivity index (χ1v) is 19.0. The highest BCUT2D eigenvalue weighted by Gasteiger charge is 2.63. The zero-order valence-corrected chi connectivity index (χ0v) is 33.8. The van der Waals surface area contributed by atoms with Crippen molar-refractivity contribution in [1.29, 1.82) is 0 Å². The highest BCUT2D eigenvalue weighted by atomic mass is 35.5. The summed E-state index contributed by atoms with van der Waals surface area (Å²) in [5, 5.41) is 5.27. The monoisotopic (exact) mass is 758 g/mol. The van der Waals surface area contributed by atoms with Gasteiger partial charge in [0.15, 0.2) is 11.9 Å². The summed E-state index contributed by atoms with van der Waals surface area (Å²) in [6, 6.07) is 22.4. The molecule has 1 aliphatic rings. The first kappa shape index (κ1) is 42.0. The van der Waals surface area contributed by atoms with Gasteiger partial charge >= 0.3 is 6.03 Å². The number of urea groups is 1. The fraction of sp³-hybridized carbons (Fsp3) is 0.465. The Hall–Kier alpha value is -4.70. The number of hydrogen-bond acceptors (Lipinski definition) is 6. The van der Waals surface area contributed by atoms with Crippen LogP contribution in [0.1, 0.15) is 105 Å². The van der Waals surface area contributed by atoms with E-state index < -0.39 is 46.1 Å². The first-order chi connectivity index (χ1) is 25.3. The molecule has 0 saturated carbocycles. The van der Waals surface area contributed by atoms with Crippen molar-refractivity contribution in [3.05, 3.63) is 95.6 Å². The third-order valence-electron chi connectivity index (χ3n) is 10.4. The van der Waals surface area contributed by atoms with Crippen LogP contribution in [0.4, 0.5) is 10.5 Å². The third kappa shape index (κ3) is 9.14. The molecule has 10 nitrogen and oxygen atoms in total. The number of alkyl halides is 1. The number of Topliss-reactive ketones (excluding diaryl/α,β-unsaturated/α-hetero) is 1. The Morgan fingerprint density at radius 3 is 1.98 bits per heavy atom. The van der Waals surface area contributed by atoms with Crippen LogP contribution < -0.4 is 15.4 Å². The Kier molecular flexibility index (Phi) is 13.0. The van der Waals surface area contributed by atoms with Gasteiger partial charge in [-0.1, -0.05) is 135 Å². The van der Waals surface area contributed by atoms with Gasteiger partial charge in [-0.25, -0.2) is 4.79 Å². The van der Waals surface area contributed by atoms with Gasteiger partial charge in [0.25, 0.3) is 16.8 Å². The van der Waals surface area contributed by atoms with Crippen LogP contribution in [0.2, 0.25) is 0 Å². The maximum Gasteiger partial charge on any atom is 0.331 e. The Morgan fingerprint density at radius 1 is 0.815 bits per heavy atom. The minimum atomic E-state index is -2.71. The van der Waals surface area contributed by atoms with Crippen LogP contribution in [0, 0.1) is 5.41 Å². The zero-order chi connectivity index (χ0) is 40.1. The maximum atomic E-state index is 14.3. The second kappa shape index (κ2) is 16.8. The number of anilines is 1. The largest absolute Gasteiger partial charge is 0.493 e. The molecule has 4 rings (SSSR count). The van der Waals surface area contributed by atoms with Crippen molar-refractivity contribution in [3.8, 4) is 5.75 Å². The number of carbonyl (C=O) groups excluding carboxylic acids is 5. The van der Waals surface area contributed by atoms with E-state index >= 15 is 0 Å². The lowest BCUT2D eigenvalue weighted by atomic mass is 9.76. The quantitative estimate of drug-likeness (QED) is 0.0498. The first-order valence-electron chi connectivity index (χ1n) is 18.6. The van der Waals surface area contributed by atoms with Crippen LogP contribution in [-0.2, 0) is 36.6 Å². The third-order valence-corrected chi connectivity index (χ3v) is 10.9. The van der Waals surface area contributed by atoms with Gasteiger partial charge in [0, 0.05) is 23.1 Å². The average molecular weight is 759 g/mol. The van der Waals surface area contributed by atoms with Crippen molar-refractivity contribution in [2.45, 2.75) is 117 Å². The lowest BCUT2D eigenvalue weighted by Crippen LogP contribution is -2.66. The van der Waals surface area contributed by atoms with E-state index in [9.17, 15) is 24.0 Å². The molecule has 1 aliphatic heterocycles. The van der Waals surface area contributed by atoms with Crippen molar-refractivity contribution in [2.75, 3.05) is 11.9 Å². The summed E-state index contributed by atoms with van der Waals surface area (Å²) in [6.45, 7) is 17.8. The molecule has 1 heterocycles. The number of rotatable bonds is 16. The number of hydrogen-bond donors (Lipinski definition) is 2. The predicted octanol–water partition coefficient (Wildman–Crippen LogP) is 8.32. The highest BCUT2D eigenvalue weighted by Crippen LogP contribution is 2.40. The van der Waals surface area contributed by atoms with E-state index in [1.54, 1.807) is 81.4 Å². The molecule has 2 atom stereocenters. The number of ether oxygens (including phenoxy) is 1. The van der Waals surface area contributed by atoms with E-state index in [2.05, 4.69) is 64.3 Å². The van der Waals surface area contributed by atoms with E-state index in [0.29, 0.717) is 16.2 Å². The Morgan fingerprint density at radius 2 is 1.41 bits per heavy atom. The van der Waals surface area contributed by atoms with Crippen LogP contribution >= 0.6 is 11.6 Å². The van der Waals surface area contributed by atoms with Gasteiger partial charge in [-0.3, -0.25) is 29.0 Å². The van der Waals surface area contributed by atoms with E-state index in [1.165, 1.54) is 5.56 Å². The molecule has 3 aromatic rings. The fourth-order valence-corrected chi connectivity index (χ4v) is 6.63. The Labute approximate surface area is 325 Å². The molecule has 5 amide bonds. The summed E-state index contributed by atoms with van der Waals surface area (Å²) in [4.78, 5) is 69.1. The topological polar surface area (TPSA) is 125 Å². The molecule has 290 valence electrons. The molecule has 2 unspecified atom stereocenters. The number of para-hydroxylation sites is 1. The molecule has 1 fully saturated rings. The predicted molar refractivity (Wildman–Crippen MR) is 212 cm³/mol. The fourth-order valence-electron chi connectivity index (χ4n) is 6.13. The van der Waals surface area contributed by atoms with E-state index in [1.807, 2.05) is 6.07 Å². The minimum absolute atomic E-state index is 0.000854. The van der Waals surface area contributed by atoms with Gasteiger partial charge in [0.2, 0.25) is 5.91 Å². The van der Waals surface area contributed by atoms with Crippen LogP contribution in [-0.4, -0.2) is 57.1 Å². The summed E-state index contributed by atoms with van der Waals surface area (Å²) < 4.78 is 6.26. The minimum Gasteiger partial charge on any atom is -0.493 e. The number of amides is 5. The molecule has 0 aromatic heterocycles. The van der Waals surface area contributed by atoms with Crippen molar-refractivity contribution < 1.29 is 28.7 Å². The average Bonchev–Trinajstić information content (AvgIpc) is 3.37. The number of nitrogens with zero attached hydrogens (tertiary/aromatic N) is 2. The molecule has 0 aliphatic carbocycles. The number of nitrogens with one attached hydrogen (secondary N) is 2. The van der Waals surface area contributed by atoms with Crippen molar-refractivity contribution in [3.63, 3.8) is 0 Å². The molecule has 0 spiro atoms. The molecular formula is C43H55ClN4O6. The molecular weight excluding hydrogens is 704 g/mol. The number of ketones is 1. The van der Waals surface area contributed by atoms with Crippen LogP contribution in [0.25, 0.3) is 0 Å². The lowest BCUT2D eigenvalue weighted by molar-refractivity contribution is -0.143. The molecule has 3 aromatic carbocycles. The Balaban J connectivity index is 1.61. The number of imide groups is 1. The lowest BCUT2D eigenvalue weighted by Gasteiger charge is -2.39. The standard InChI is InChI=1S/C43H55ClN4O6/c1-10-41(6,7)30-24-25-33(32(27-30)42(8,9)11-2)54-26-18-23-34(49)46-35-36(50)47(28-29-19-14-12-15-20-29)39(53)48(35)43(44,37(51)40(3,4)5)38(52)45-31-21-16-13-17-22-31/h12-17,19-22,24-25,27,35H,10-11,18,23,26,28H2,1-9H3,(H,45,52)(H,46,49). The summed E-state index contributed by atoms with van der Waals surface area (Å²) in [5.41, 5.74) is 1.87. The van der Waals surface area contributed by atoms with Gasteiger partial charge in [0.05, 0.1) is 13.2 Å². The zero-order valence-electron chi connectivity index (χ0n) is 33.0. The van der Waals surface area contributed by atoms with E-state index in [-0.39, 0.29) is 36.8 Å². The number of halogens is 1. The van der Waals surface area contributed by atoms with Crippen molar-refractivity contribution in [1.82, 2.24) is 15.1 Å². The summed E-state index contributed by atoms with van der Waals surface area (Å²) in [7, 11) is 0. The summed E-state index contributed by atoms with van der Waals surface area (Å²) in [5.74, 6) is -2.54. The van der Waals surface area contributed by atoms with Crippen LogP contribution in [0.15, 0.2) is 78.9 Å². The smallest absolute Gasteiger partial charge is 0.331 e. The molecule has 1 saturated heterocycles. The Bertz CT molecular complexity index is 1840. The molecule has 54 heavy (non-hydrogen) atoms.